The molecule has 7 heteroatoms. The van der Waals surface area contributed by atoms with Gasteiger partial charge in [0, 0.05) is 11.1 Å². The third-order valence-corrected chi connectivity index (χ3v) is 4.75. The van der Waals surface area contributed by atoms with Gasteiger partial charge in [-0.05, 0) is 41.1 Å². The Labute approximate surface area is 171 Å². The molecule has 28 heavy (non-hydrogen) atoms. The average molecular weight is 416 g/mol. The summed E-state index contributed by atoms with van der Waals surface area (Å²) in [6, 6.07) is 17.3. The van der Waals surface area contributed by atoms with Gasteiger partial charge in [0.2, 0.25) is 0 Å². The van der Waals surface area contributed by atoms with Crippen LogP contribution in [0.2, 0.25) is 10.0 Å². The number of nitrogens with one attached hydrogen (secondary N) is 1. The Morgan fingerprint density at radius 1 is 0.821 bits per heavy atom. The molecule has 142 valence electrons. The number of esters is 1. The zero-order valence-corrected chi connectivity index (χ0v) is 16.1. The van der Waals surface area contributed by atoms with Crippen LogP contribution in [0.1, 0.15) is 20.7 Å². The van der Waals surface area contributed by atoms with Crippen molar-refractivity contribution >= 4 is 51.6 Å². The van der Waals surface area contributed by atoms with Gasteiger partial charge in [0.1, 0.15) is 6.54 Å². The van der Waals surface area contributed by atoms with Crippen LogP contribution in [0.15, 0.2) is 60.7 Å². The lowest BCUT2D eigenvalue weighted by Gasteiger charge is -2.07. The van der Waals surface area contributed by atoms with E-state index in [9.17, 15) is 14.4 Å². The summed E-state index contributed by atoms with van der Waals surface area (Å²) in [7, 11) is 0. The van der Waals surface area contributed by atoms with Crippen LogP contribution in [0.5, 0.6) is 0 Å². The van der Waals surface area contributed by atoms with Crippen molar-refractivity contribution in [1.82, 2.24) is 5.32 Å². The molecular formula is C21H15Cl2NO4. The zero-order chi connectivity index (χ0) is 20.1. The minimum atomic E-state index is -0.720. The molecule has 0 bridgehead atoms. The molecule has 0 saturated carbocycles. The maximum Gasteiger partial charge on any atom is 0.325 e. The van der Waals surface area contributed by atoms with Gasteiger partial charge in [0.25, 0.3) is 5.91 Å². The molecule has 0 radical (unpaired) electrons. The quantitative estimate of drug-likeness (QED) is 0.481. The molecule has 3 aromatic carbocycles. The minimum absolute atomic E-state index is 0.237. The Balaban J connectivity index is 1.51. The van der Waals surface area contributed by atoms with Crippen LogP contribution in [-0.4, -0.2) is 30.8 Å². The van der Waals surface area contributed by atoms with Crippen LogP contribution >= 0.6 is 23.2 Å². The molecule has 0 aromatic heterocycles. The summed E-state index contributed by atoms with van der Waals surface area (Å²) in [5, 5.41) is 4.98. The molecule has 0 unspecified atom stereocenters. The third kappa shape index (κ3) is 4.88. The fourth-order valence-electron chi connectivity index (χ4n) is 2.54. The Morgan fingerprint density at radius 2 is 1.54 bits per heavy atom. The van der Waals surface area contributed by atoms with E-state index >= 15 is 0 Å². The van der Waals surface area contributed by atoms with Crippen molar-refractivity contribution in [3.63, 3.8) is 0 Å². The van der Waals surface area contributed by atoms with E-state index < -0.39 is 24.3 Å². The normalized spacial score (nSPS) is 10.5. The highest BCUT2D eigenvalue weighted by Gasteiger charge is 2.13. The number of ether oxygens (including phenoxy) is 1. The highest BCUT2D eigenvalue weighted by molar-refractivity contribution is 6.42. The molecule has 1 N–H and O–H groups in total. The monoisotopic (exact) mass is 415 g/mol. The average Bonchev–Trinajstić information content (AvgIpc) is 2.71. The van der Waals surface area contributed by atoms with Crippen LogP contribution in [0.25, 0.3) is 10.8 Å². The number of ketones is 1. The first-order valence-electron chi connectivity index (χ1n) is 8.35. The predicted molar refractivity (Wildman–Crippen MR) is 108 cm³/mol. The molecule has 3 rings (SSSR count). The second-order valence-corrected chi connectivity index (χ2v) is 6.77. The summed E-state index contributed by atoms with van der Waals surface area (Å²) in [6.45, 7) is -0.803. The van der Waals surface area contributed by atoms with Crippen molar-refractivity contribution < 1.29 is 19.1 Å². The summed E-state index contributed by atoms with van der Waals surface area (Å²) in [5.74, 6) is -1.55. The largest absolute Gasteiger partial charge is 0.456 e. The smallest absolute Gasteiger partial charge is 0.325 e. The maximum absolute atomic E-state index is 12.2. The van der Waals surface area contributed by atoms with E-state index in [2.05, 4.69) is 5.32 Å². The Bertz CT molecular complexity index is 1070. The number of carbonyl (C=O) groups is 3. The van der Waals surface area contributed by atoms with Gasteiger partial charge in [-0.15, -0.1) is 0 Å². The van der Waals surface area contributed by atoms with Crippen molar-refractivity contribution in [1.29, 1.82) is 0 Å². The maximum atomic E-state index is 12.2. The standard InChI is InChI=1S/C21H15Cl2NO4/c22-17-8-7-15(10-18(17)23)19(25)12-28-20(26)11-24-21(27)16-6-5-13-3-1-2-4-14(13)9-16/h1-10H,11-12H2,(H,24,27). The third-order valence-electron chi connectivity index (χ3n) is 4.01. The predicted octanol–water partition coefficient (Wildman–Crippen LogP) is 4.30. The SMILES string of the molecule is O=C(CNC(=O)c1ccc2ccccc2c1)OCC(=O)c1ccc(Cl)c(Cl)c1. The lowest BCUT2D eigenvalue weighted by atomic mass is 10.1. The first-order chi connectivity index (χ1) is 13.4. The number of Topliss-reactive ketones (excluding diaryl/α,β-unsaturated/α-hetero) is 1. The molecule has 5 nitrogen and oxygen atoms in total. The van der Waals surface area contributed by atoms with E-state index in [0.717, 1.165) is 10.8 Å². The summed E-state index contributed by atoms with van der Waals surface area (Å²) in [6.07, 6.45) is 0. The van der Waals surface area contributed by atoms with E-state index in [0.29, 0.717) is 10.6 Å². The van der Waals surface area contributed by atoms with Crippen LogP contribution in [-0.2, 0) is 9.53 Å². The lowest BCUT2D eigenvalue weighted by Crippen LogP contribution is -2.31. The van der Waals surface area contributed by atoms with Gasteiger partial charge < -0.3 is 10.1 Å². The van der Waals surface area contributed by atoms with Crippen molar-refractivity contribution in [2.75, 3.05) is 13.2 Å². The summed E-state index contributed by atoms with van der Waals surface area (Å²) >= 11 is 11.7. The Morgan fingerprint density at radius 3 is 2.29 bits per heavy atom. The van der Waals surface area contributed by atoms with Gasteiger partial charge in [-0.1, -0.05) is 53.5 Å². The first kappa shape index (κ1) is 19.9. The molecule has 0 heterocycles. The summed E-state index contributed by atoms with van der Waals surface area (Å²) < 4.78 is 4.91. The molecule has 0 aliphatic rings. The topological polar surface area (TPSA) is 72.5 Å². The van der Waals surface area contributed by atoms with Crippen molar-refractivity contribution in [3.8, 4) is 0 Å². The number of rotatable bonds is 6. The second-order valence-electron chi connectivity index (χ2n) is 5.96. The number of amides is 1. The minimum Gasteiger partial charge on any atom is -0.456 e. The summed E-state index contributed by atoms with van der Waals surface area (Å²) in [4.78, 5) is 36.1. The van der Waals surface area contributed by atoms with E-state index in [1.54, 1.807) is 12.1 Å². The lowest BCUT2D eigenvalue weighted by molar-refractivity contribution is -0.141. The van der Waals surface area contributed by atoms with Gasteiger partial charge in [-0.2, -0.15) is 0 Å². The Kier molecular flexibility index (Phi) is 6.29. The molecule has 3 aromatic rings. The molecule has 1 amide bonds. The van der Waals surface area contributed by atoms with Crippen molar-refractivity contribution in [2.45, 2.75) is 0 Å². The fourth-order valence-corrected chi connectivity index (χ4v) is 2.83. The highest BCUT2D eigenvalue weighted by atomic mass is 35.5. The second kappa shape index (κ2) is 8.87. The van der Waals surface area contributed by atoms with Gasteiger partial charge in [0.15, 0.2) is 12.4 Å². The summed E-state index contributed by atoms with van der Waals surface area (Å²) in [5.41, 5.74) is 0.709. The molecule has 0 saturated heterocycles. The van der Waals surface area contributed by atoms with E-state index in [1.165, 1.54) is 18.2 Å². The van der Waals surface area contributed by atoms with Gasteiger partial charge in [-0.25, -0.2) is 0 Å². The van der Waals surface area contributed by atoms with E-state index in [4.69, 9.17) is 27.9 Å². The highest BCUT2D eigenvalue weighted by Crippen LogP contribution is 2.22. The van der Waals surface area contributed by atoms with Crippen molar-refractivity contribution in [3.05, 3.63) is 81.8 Å². The molecular weight excluding hydrogens is 401 g/mol. The number of hydrogen-bond donors (Lipinski definition) is 1. The van der Waals surface area contributed by atoms with Crippen LogP contribution < -0.4 is 5.32 Å². The van der Waals surface area contributed by atoms with Gasteiger partial charge in [0.05, 0.1) is 10.0 Å². The first-order valence-corrected chi connectivity index (χ1v) is 9.10. The number of carbonyl (C=O) groups excluding carboxylic acids is 3. The van der Waals surface area contributed by atoms with Gasteiger partial charge >= 0.3 is 5.97 Å². The molecule has 0 aliphatic carbocycles. The van der Waals surface area contributed by atoms with Crippen LogP contribution in [0.3, 0.4) is 0 Å². The van der Waals surface area contributed by atoms with Gasteiger partial charge in [-0.3, -0.25) is 14.4 Å². The molecule has 0 fully saturated rings. The number of fused-ring (bicyclic) bond motifs is 1. The fraction of sp³-hybridized carbons (Fsp3) is 0.0952. The van der Waals surface area contributed by atoms with E-state index in [1.807, 2.05) is 30.3 Å². The zero-order valence-electron chi connectivity index (χ0n) is 14.6. The number of benzene rings is 3. The van der Waals surface area contributed by atoms with Crippen molar-refractivity contribution in [2.24, 2.45) is 0 Å². The van der Waals surface area contributed by atoms with Crippen LogP contribution in [0, 0.1) is 0 Å². The van der Waals surface area contributed by atoms with Crippen LogP contribution in [0.4, 0.5) is 0 Å². The molecule has 0 atom stereocenters. The molecule has 0 aliphatic heterocycles. The number of halogens is 2. The van der Waals surface area contributed by atoms with E-state index in [-0.39, 0.29) is 17.1 Å². The molecule has 0 spiro atoms. The Hall–Kier alpha value is -2.89. The number of hydrogen-bond acceptors (Lipinski definition) is 4.